The van der Waals surface area contributed by atoms with E-state index in [0.29, 0.717) is 8.87 Å². The molecule has 0 saturated carbocycles. The standard InChI is InChI=1S/2C4H9.2CH3O3S.Sn/c2*1-3-4-2;2*1-5(2,3)4;/h2*1,3-4H2,2H3;2*1H2,(H,2,3,4);. The van der Waals surface area contributed by atoms with E-state index in [1.807, 2.05) is 13.8 Å². The molecule has 0 aromatic heterocycles. The third-order valence-corrected chi connectivity index (χ3v) is 29.9. The van der Waals surface area contributed by atoms with Gasteiger partial charge in [0.05, 0.1) is 0 Å². The van der Waals surface area contributed by atoms with E-state index < -0.39 is 46.2 Å². The zero-order valence-electron chi connectivity index (χ0n) is 11.5. The maximum absolute atomic E-state index is 11.2. The summed E-state index contributed by atoms with van der Waals surface area (Å²) in [6, 6.07) is 0. The predicted octanol–water partition coefficient (Wildman–Crippen LogP) is 1.89. The van der Waals surface area contributed by atoms with E-state index in [1.54, 1.807) is 0 Å². The summed E-state index contributed by atoms with van der Waals surface area (Å²) in [6.45, 7) is 3.88. The molecule has 0 saturated heterocycles. The summed E-state index contributed by atoms with van der Waals surface area (Å²) in [5.74, 6) is 0. The van der Waals surface area contributed by atoms with Crippen molar-refractivity contribution in [3.8, 4) is 0 Å². The molecule has 0 aliphatic rings. The first kappa shape index (κ1) is 19.6. The Balaban J connectivity index is 5.29. The number of hydrogen-bond acceptors (Lipinski definition) is 4. The van der Waals surface area contributed by atoms with E-state index in [4.69, 9.17) is 9.11 Å². The number of unbranched alkanes of at least 4 members (excludes halogenated alkanes) is 2. The Bertz CT molecular complexity index is 412. The summed E-state index contributed by atoms with van der Waals surface area (Å²) < 4.78 is 63.2. The van der Waals surface area contributed by atoms with Gasteiger partial charge in [-0.1, -0.05) is 0 Å². The van der Waals surface area contributed by atoms with E-state index in [1.165, 1.54) is 0 Å². The quantitative estimate of drug-likeness (QED) is 0.411. The fraction of sp³-hybridized carbons (Fsp3) is 1.00. The fourth-order valence-electron chi connectivity index (χ4n) is 2.33. The molecule has 0 aromatic rings. The molecule has 0 heterocycles. The second-order valence-electron chi connectivity index (χ2n) is 5.16. The third-order valence-electron chi connectivity index (χ3n) is 3.10. The van der Waals surface area contributed by atoms with Crippen LogP contribution in [0.15, 0.2) is 0 Å². The monoisotopic (exact) mass is 424 g/mol. The van der Waals surface area contributed by atoms with Crippen LogP contribution in [-0.2, 0) is 20.2 Å². The SMILES string of the molecule is CCC[CH2][Sn]([CH2]CCC)([CH2]S(=O)(=O)O)[CH2]S(=O)(=O)O. The van der Waals surface area contributed by atoms with Gasteiger partial charge in [0.25, 0.3) is 0 Å². The summed E-state index contributed by atoms with van der Waals surface area (Å²) in [6.07, 6.45) is 3.15. The first-order valence-electron chi connectivity index (χ1n) is 6.44. The van der Waals surface area contributed by atoms with Gasteiger partial charge in [0, 0.05) is 0 Å². The molecule has 0 bridgehead atoms. The Kier molecular flexibility index (Phi) is 8.42. The molecule has 0 radical (unpaired) electrons. The van der Waals surface area contributed by atoms with Crippen LogP contribution in [0.3, 0.4) is 0 Å². The fourth-order valence-corrected chi connectivity index (χ4v) is 32.1. The minimum absolute atomic E-state index is 0.415. The molecule has 0 aliphatic heterocycles. The van der Waals surface area contributed by atoms with Crippen LogP contribution in [-0.4, -0.2) is 51.9 Å². The number of hydrogen-bond donors (Lipinski definition) is 2. The Labute approximate surface area is 120 Å². The average molecular weight is 423 g/mol. The second kappa shape index (κ2) is 8.16. The predicted molar refractivity (Wildman–Crippen MR) is 78.0 cm³/mol. The van der Waals surface area contributed by atoms with Crippen LogP contribution in [0.25, 0.3) is 0 Å². The van der Waals surface area contributed by atoms with Crippen molar-refractivity contribution in [3.05, 3.63) is 0 Å². The van der Waals surface area contributed by atoms with Crippen molar-refractivity contribution in [1.82, 2.24) is 0 Å². The van der Waals surface area contributed by atoms with E-state index in [9.17, 15) is 16.8 Å². The molecule has 0 spiro atoms. The first-order valence-corrected chi connectivity index (χ1v) is 17.7. The molecule has 0 rings (SSSR count). The van der Waals surface area contributed by atoms with Gasteiger partial charge in [-0.15, -0.1) is 0 Å². The average Bonchev–Trinajstić information content (AvgIpc) is 2.19. The molecule has 6 nitrogen and oxygen atoms in total. The van der Waals surface area contributed by atoms with Crippen LogP contribution in [0, 0.1) is 0 Å². The Morgan fingerprint density at radius 2 is 1.11 bits per heavy atom. The summed E-state index contributed by atoms with van der Waals surface area (Å²) in [5, 5.41) is 0. The third kappa shape index (κ3) is 10.1. The maximum atomic E-state index is 11.2. The zero-order chi connectivity index (χ0) is 15.2. The summed E-state index contributed by atoms with van der Waals surface area (Å²) in [5.41, 5.74) is 0. The summed E-state index contributed by atoms with van der Waals surface area (Å²) in [7, 11) is -8.39. The van der Waals surface area contributed by atoms with Crippen LogP contribution < -0.4 is 0 Å². The van der Waals surface area contributed by atoms with Crippen molar-refractivity contribution in [1.29, 1.82) is 0 Å². The molecular weight excluding hydrogens is 399 g/mol. The number of rotatable bonds is 10. The molecule has 0 unspecified atom stereocenters. The Morgan fingerprint density at radius 1 is 0.789 bits per heavy atom. The molecule has 0 atom stereocenters. The van der Waals surface area contributed by atoms with Crippen molar-refractivity contribution in [2.24, 2.45) is 0 Å². The van der Waals surface area contributed by atoms with Gasteiger partial charge >= 0.3 is 120 Å². The van der Waals surface area contributed by atoms with E-state index in [-0.39, 0.29) is 0 Å². The van der Waals surface area contributed by atoms with Crippen LogP contribution in [0.4, 0.5) is 0 Å². The van der Waals surface area contributed by atoms with Gasteiger partial charge in [0.2, 0.25) is 0 Å². The molecule has 0 aromatic carbocycles. The first-order chi connectivity index (χ1) is 8.54. The second-order valence-corrected chi connectivity index (χ2v) is 24.4. The van der Waals surface area contributed by atoms with Gasteiger partial charge in [0.1, 0.15) is 0 Å². The molecule has 0 aliphatic carbocycles. The van der Waals surface area contributed by atoms with Crippen LogP contribution >= 0.6 is 0 Å². The van der Waals surface area contributed by atoms with Crippen molar-refractivity contribution in [3.63, 3.8) is 0 Å². The molecular formula is C10H24O6S2Sn. The molecule has 2 N–H and O–H groups in total. The molecule has 0 fully saturated rings. The van der Waals surface area contributed by atoms with Gasteiger partial charge in [0.15, 0.2) is 0 Å². The van der Waals surface area contributed by atoms with Crippen molar-refractivity contribution in [2.75, 3.05) is 7.54 Å². The molecule has 19 heavy (non-hydrogen) atoms. The Hall–Kier alpha value is 0.619. The van der Waals surface area contributed by atoms with Crippen LogP contribution in [0.1, 0.15) is 39.5 Å². The normalized spacial score (nSPS) is 13.7. The topological polar surface area (TPSA) is 109 Å². The molecule has 0 amide bonds. The summed E-state index contributed by atoms with van der Waals surface area (Å²) in [4.78, 5) is 0. The van der Waals surface area contributed by atoms with Gasteiger partial charge in [-0.25, -0.2) is 0 Å². The zero-order valence-corrected chi connectivity index (χ0v) is 16.0. The van der Waals surface area contributed by atoms with Crippen molar-refractivity contribution < 1.29 is 25.9 Å². The van der Waals surface area contributed by atoms with Crippen LogP contribution in [0.2, 0.25) is 8.87 Å². The van der Waals surface area contributed by atoms with Gasteiger partial charge < -0.3 is 0 Å². The van der Waals surface area contributed by atoms with Gasteiger partial charge in [-0.2, -0.15) is 0 Å². The van der Waals surface area contributed by atoms with E-state index in [0.717, 1.165) is 25.7 Å². The van der Waals surface area contributed by atoms with Crippen molar-refractivity contribution in [2.45, 2.75) is 48.4 Å². The minimum atomic E-state index is -4.20. The van der Waals surface area contributed by atoms with E-state index in [2.05, 4.69) is 0 Å². The Morgan fingerprint density at radius 3 is 1.32 bits per heavy atom. The molecule has 116 valence electrons. The van der Waals surface area contributed by atoms with E-state index >= 15 is 0 Å². The summed E-state index contributed by atoms with van der Waals surface area (Å²) >= 11 is -3.64. The molecule has 9 heteroatoms. The van der Waals surface area contributed by atoms with Gasteiger partial charge in [-0.05, 0) is 0 Å². The van der Waals surface area contributed by atoms with Gasteiger partial charge in [-0.3, -0.25) is 0 Å². The van der Waals surface area contributed by atoms with Crippen LogP contribution in [0.5, 0.6) is 0 Å². The van der Waals surface area contributed by atoms with Crippen molar-refractivity contribution >= 4 is 38.6 Å².